The van der Waals surface area contributed by atoms with Crippen LogP contribution in [-0.4, -0.2) is 27.4 Å². The molecule has 0 unspecified atom stereocenters. The minimum Gasteiger partial charge on any atom is -0.314 e. The molecule has 1 aromatic rings. The van der Waals surface area contributed by atoms with Gasteiger partial charge in [-0.2, -0.15) is 5.10 Å². The molecule has 1 aromatic heterocycles. The lowest BCUT2D eigenvalue weighted by Gasteiger charge is -2.11. The van der Waals surface area contributed by atoms with Gasteiger partial charge in [-0.25, -0.2) is 4.98 Å². The quantitative estimate of drug-likeness (QED) is 0.722. The molecule has 0 aliphatic heterocycles. The summed E-state index contributed by atoms with van der Waals surface area (Å²) in [5.74, 6) is 0. The zero-order valence-corrected chi connectivity index (χ0v) is 9.23. The summed E-state index contributed by atoms with van der Waals surface area (Å²) in [6, 6.07) is 0.802. The molecule has 84 valence electrons. The summed E-state index contributed by atoms with van der Waals surface area (Å²) in [5.41, 5.74) is 0. The van der Waals surface area contributed by atoms with E-state index in [-0.39, 0.29) is 0 Å². The van der Waals surface area contributed by atoms with Gasteiger partial charge in [0.2, 0.25) is 0 Å². The van der Waals surface area contributed by atoms with Crippen molar-refractivity contribution in [2.45, 2.75) is 51.1 Å². The van der Waals surface area contributed by atoms with Gasteiger partial charge in [0.15, 0.2) is 0 Å². The molecule has 1 N–H and O–H groups in total. The Morgan fingerprint density at radius 3 is 2.87 bits per heavy atom. The van der Waals surface area contributed by atoms with Crippen LogP contribution in [0.4, 0.5) is 0 Å². The van der Waals surface area contributed by atoms with Gasteiger partial charge in [-0.05, 0) is 32.2 Å². The van der Waals surface area contributed by atoms with E-state index in [0.29, 0.717) is 0 Å². The summed E-state index contributed by atoms with van der Waals surface area (Å²) in [4.78, 5) is 3.92. The van der Waals surface area contributed by atoms with E-state index in [9.17, 15) is 0 Å². The molecule has 0 spiro atoms. The molecule has 1 fully saturated rings. The number of nitrogens with zero attached hydrogens (tertiary/aromatic N) is 3. The van der Waals surface area contributed by atoms with Crippen LogP contribution in [0.5, 0.6) is 0 Å². The Hall–Kier alpha value is -0.900. The fourth-order valence-corrected chi connectivity index (χ4v) is 2.18. The molecule has 0 atom stereocenters. The van der Waals surface area contributed by atoms with Gasteiger partial charge in [-0.3, -0.25) is 4.68 Å². The summed E-state index contributed by atoms with van der Waals surface area (Å²) in [6.07, 6.45) is 11.4. The molecule has 0 amide bonds. The van der Waals surface area contributed by atoms with Crippen LogP contribution in [-0.2, 0) is 6.54 Å². The molecule has 1 saturated carbocycles. The molecule has 1 heterocycles. The van der Waals surface area contributed by atoms with E-state index in [2.05, 4.69) is 15.4 Å². The van der Waals surface area contributed by atoms with Crippen LogP contribution in [0.25, 0.3) is 0 Å². The summed E-state index contributed by atoms with van der Waals surface area (Å²) < 4.78 is 1.90. The third kappa shape index (κ3) is 3.63. The van der Waals surface area contributed by atoms with Crippen LogP contribution >= 0.6 is 0 Å². The number of hydrogen-bond donors (Lipinski definition) is 1. The van der Waals surface area contributed by atoms with Crippen molar-refractivity contribution in [1.82, 2.24) is 20.1 Å². The van der Waals surface area contributed by atoms with E-state index in [1.807, 2.05) is 4.68 Å². The third-order valence-corrected chi connectivity index (χ3v) is 3.07. The highest BCUT2D eigenvalue weighted by Crippen LogP contribution is 2.17. The summed E-state index contributed by atoms with van der Waals surface area (Å²) in [6.45, 7) is 2.14. The van der Waals surface area contributed by atoms with Crippen molar-refractivity contribution in [2.75, 3.05) is 6.54 Å². The minimum absolute atomic E-state index is 0.802. The van der Waals surface area contributed by atoms with Gasteiger partial charge in [0.05, 0.1) is 0 Å². The minimum atomic E-state index is 0.802. The first kappa shape index (κ1) is 10.6. The van der Waals surface area contributed by atoms with Crippen molar-refractivity contribution in [2.24, 2.45) is 0 Å². The van der Waals surface area contributed by atoms with E-state index in [0.717, 1.165) is 19.1 Å². The van der Waals surface area contributed by atoms with E-state index in [4.69, 9.17) is 0 Å². The van der Waals surface area contributed by atoms with Gasteiger partial charge in [0, 0.05) is 12.6 Å². The van der Waals surface area contributed by atoms with Crippen LogP contribution in [0.15, 0.2) is 12.7 Å². The molecule has 15 heavy (non-hydrogen) atoms. The Bertz CT molecular complexity index is 252. The summed E-state index contributed by atoms with van der Waals surface area (Å²) in [5, 5.41) is 7.69. The molecular formula is C11H20N4. The molecule has 0 radical (unpaired) electrons. The van der Waals surface area contributed by atoms with Crippen molar-refractivity contribution in [3.8, 4) is 0 Å². The zero-order chi connectivity index (χ0) is 10.3. The first-order valence-corrected chi connectivity index (χ1v) is 6.01. The number of rotatable bonds is 6. The number of unbranched alkanes of at least 4 members (excludes halogenated alkanes) is 1. The first-order valence-electron chi connectivity index (χ1n) is 6.01. The Kier molecular flexibility index (Phi) is 4.14. The maximum absolute atomic E-state index is 4.08. The second-order valence-corrected chi connectivity index (χ2v) is 4.30. The maximum atomic E-state index is 4.08. The van der Waals surface area contributed by atoms with E-state index >= 15 is 0 Å². The van der Waals surface area contributed by atoms with Gasteiger partial charge < -0.3 is 5.32 Å². The van der Waals surface area contributed by atoms with E-state index in [1.165, 1.54) is 38.5 Å². The fraction of sp³-hybridized carbons (Fsp3) is 0.818. The monoisotopic (exact) mass is 208 g/mol. The maximum Gasteiger partial charge on any atom is 0.137 e. The second kappa shape index (κ2) is 5.85. The fourth-order valence-electron chi connectivity index (χ4n) is 2.18. The Labute approximate surface area is 91.1 Å². The molecule has 2 rings (SSSR count). The number of hydrogen-bond acceptors (Lipinski definition) is 3. The normalized spacial score (nSPS) is 17.3. The Morgan fingerprint density at radius 1 is 1.27 bits per heavy atom. The summed E-state index contributed by atoms with van der Waals surface area (Å²) >= 11 is 0. The SMILES string of the molecule is c1ncn(CCCCNC2CCCC2)n1. The first-order chi connectivity index (χ1) is 7.45. The molecule has 0 aromatic carbocycles. The van der Waals surface area contributed by atoms with Gasteiger partial charge in [0.25, 0.3) is 0 Å². The lowest BCUT2D eigenvalue weighted by molar-refractivity contribution is 0.484. The lowest BCUT2D eigenvalue weighted by Crippen LogP contribution is -2.27. The molecule has 1 aliphatic carbocycles. The van der Waals surface area contributed by atoms with Crippen LogP contribution in [0.3, 0.4) is 0 Å². The predicted molar refractivity (Wildman–Crippen MR) is 59.5 cm³/mol. The zero-order valence-electron chi connectivity index (χ0n) is 9.23. The Balaban J connectivity index is 1.48. The molecule has 0 saturated heterocycles. The van der Waals surface area contributed by atoms with Crippen molar-refractivity contribution in [3.63, 3.8) is 0 Å². The number of aryl methyl sites for hydroxylation is 1. The van der Waals surface area contributed by atoms with Gasteiger partial charge >= 0.3 is 0 Å². The second-order valence-electron chi connectivity index (χ2n) is 4.30. The topological polar surface area (TPSA) is 42.7 Å². The van der Waals surface area contributed by atoms with Gasteiger partial charge in [-0.1, -0.05) is 12.8 Å². The third-order valence-electron chi connectivity index (χ3n) is 3.07. The lowest BCUT2D eigenvalue weighted by atomic mass is 10.2. The highest BCUT2D eigenvalue weighted by atomic mass is 15.3. The molecule has 4 heteroatoms. The molecular weight excluding hydrogens is 188 g/mol. The average molecular weight is 208 g/mol. The standard InChI is InChI=1S/C11H20N4/c1-2-6-11(5-1)13-7-3-4-8-15-10-12-9-14-15/h9-11,13H,1-8H2. The largest absolute Gasteiger partial charge is 0.314 e. The smallest absolute Gasteiger partial charge is 0.137 e. The highest BCUT2D eigenvalue weighted by molar-refractivity contribution is 4.73. The van der Waals surface area contributed by atoms with E-state index in [1.54, 1.807) is 12.7 Å². The van der Waals surface area contributed by atoms with Crippen molar-refractivity contribution in [1.29, 1.82) is 0 Å². The highest BCUT2D eigenvalue weighted by Gasteiger charge is 2.12. The predicted octanol–water partition coefficient (Wildman–Crippen LogP) is 1.59. The van der Waals surface area contributed by atoms with Crippen LogP contribution < -0.4 is 5.32 Å². The van der Waals surface area contributed by atoms with Crippen LogP contribution in [0, 0.1) is 0 Å². The van der Waals surface area contributed by atoms with Crippen molar-refractivity contribution in [3.05, 3.63) is 12.7 Å². The van der Waals surface area contributed by atoms with Crippen molar-refractivity contribution < 1.29 is 0 Å². The average Bonchev–Trinajstić information content (AvgIpc) is 2.88. The van der Waals surface area contributed by atoms with Gasteiger partial charge in [-0.15, -0.1) is 0 Å². The summed E-state index contributed by atoms with van der Waals surface area (Å²) in [7, 11) is 0. The van der Waals surface area contributed by atoms with E-state index < -0.39 is 0 Å². The Morgan fingerprint density at radius 2 is 2.13 bits per heavy atom. The van der Waals surface area contributed by atoms with Gasteiger partial charge in [0.1, 0.15) is 12.7 Å². The van der Waals surface area contributed by atoms with Crippen LogP contribution in [0.2, 0.25) is 0 Å². The number of nitrogens with one attached hydrogen (secondary N) is 1. The molecule has 4 nitrogen and oxygen atoms in total. The van der Waals surface area contributed by atoms with Crippen molar-refractivity contribution >= 4 is 0 Å². The molecule has 1 aliphatic rings. The number of aromatic nitrogens is 3. The van der Waals surface area contributed by atoms with Crippen LogP contribution in [0.1, 0.15) is 38.5 Å². The molecule has 0 bridgehead atoms.